The van der Waals surface area contributed by atoms with E-state index in [1.54, 1.807) is 12.1 Å². The molecule has 0 spiro atoms. The molecule has 0 aliphatic heterocycles. The molecule has 0 saturated carbocycles. The van der Waals surface area contributed by atoms with E-state index in [9.17, 15) is 9.90 Å². The third kappa shape index (κ3) is 4.31. The molecule has 18 heavy (non-hydrogen) atoms. The van der Waals surface area contributed by atoms with Crippen molar-refractivity contribution < 1.29 is 9.90 Å². The van der Waals surface area contributed by atoms with Crippen LogP contribution in [0, 0.1) is 12.8 Å². The Morgan fingerprint density at radius 1 is 1.44 bits per heavy atom. The van der Waals surface area contributed by atoms with Gasteiger partial charge in [0.1, 0.15) is 0 Å². The van der Waals surface area contributed by atoms with Gasteiger partial charge in [-0.05, 0) is 37.0 Å². The average Bonchev–Trinajstić information content (AvgIpc) is 2.28. The average molecular weight is 270 g/mol. The van der Waals surface area contributed by atoms with Crippen LogP contribution in [0.15, 0.2) is 18.2 Å². The molecule has 1 unspecified atom stereocenters. The van der Waals surface area contributed by atoms with Gasteiger partial charge in [-0.25, -0.2) is 0 Å². The molecule has 1 rings (SSSR count). The molecule has 0 saturated heterocycles. The van der Waals surface area contributed by atoms with Crippen LogP contribution in [0.2, 0.25) is 5.02 Å². The molecule has 0 aliphatic rings. The summed E-state index contributed by atoms with van der Waals surface area (Å²) in [6, 6.07) is 5.33. The van der Waals surface area contributed by atoms with Gasteiger partial charge < -0.3 is 10.4 Å². The van der Waals surface area contributed by atoms with Gasteiger partial charge in [-0.2, -0.15) is 0 Å². The Kier molecular flexibility index (Phi) is 5.63. The minimum Gasteiger partial charge on any atom is -0.393 e. The molecule has 1 atom stereocenters. The Balaban J connectivity index is 2.51. The minimum absolute atomic E-state index is 0.198. The molecule has 2 N–H and O–H groups in total. The van der Waals surface area contributed by atoms with Gasteiger partial charge in [0.15, 0.2) is 0 Å². The summed E-state index contributed by atoms with van der Waals surface area (Å²) in [4.78, 5) is 11.9. The first-order valence-corrected chi connectivity index (χ1v) is 6.52. The Labute approximate surface area is 113 Å². The summed E-state index contributed by atoms with van der Waals surface area (Å²) in [5.74, 6) is 0.000760. The normalized spacial score (nSPS) is 12.6. The summed E-state index contributed by atoms with van der Waals surface area (Å²) >= 11 is 6.01. The van der Waals surface area contributed by atoms with Crippen LogP contribution in [0.1, 0.15) is 36.2 Å². The molecule has 0 aliphatic carbocycles. The van der Waals surface area contributed by atoms with E-state index in [4.69, 9.17) is 11.6 Å². The monoisotopic (exact) mass is 269 g/mol. The number of aliphatic hydroxyl groups excluding tert-OH is 1. The number of carbonyl (C=O) groups is 1. The fourth-order valence-electron chi connectivity index (χ4n) is 1.57. The van der Waals surface area contributed by atoms with Crippen molar-refractivity contribution in [2.45, 2.75) is 33.3 Å². The highest BCUT2D eigenvalue weighted by molar-refractivity contribution is 6.33. The zero-order chi connectivity index (χ0) is 13.7. The van der Waals surface area contributed by atoms with Crippen LogP contribution in [0.5, 0.6) is 0 Å². The van der Waals surface area contributed by atoms with Gasteiger partial charge in [-0.3, -0.25) is 4.79 Å². The van der Waals surface area contributed by atoms with E-state index in [1.807, 2.05) is 26.8 Å². The SMILES string of the molecule is Cc1ccc(C(=O)NCCC(O)C(C)C)c(Cl)c1. The summed E-state index contributed by atoms with van der Waals surface area (Å²) in [6.45, 7) is 6.27. The van der Waals surface area contributed by atoms with Crippen molar-refractivity contribution in [1.82, 2.24) is 5.32 Å². The second-order valence-electron chi connectivity index (χ2n) is 4.84. The highest BCUT2D eigenvalue weighted by Crippen LogP contribution is 2.17. The number of aryl methyl sites for hydroxylation is 1. The van der Waals surface area contributed by atoms with Crippen LogP contribution >= 0.6 is 11.6 Å². The van der Waals surface area contributed by atoms with Crippen LogP contribution < -0.4 is 5.32 Å². The molecule has 1 aromatic rings. The Hall–Kier alpha value is -1.06. The number of hydrogen-bond donors (Lipinski definition) is 2. The quantitative estimate of drug-likeness (QED) is 0.864. The highest BCUT2D eigenvalue weighted by atomic mass is 35.5. The van der Waals surface area contributed by atoms with E-state index in [2.05, 4.69) is 5.32 Å². The standard InChI is InChI=1S/C14H20ClNO2/c1-9(2)13(17)6-7-16-14(18)11-5-4-10(3)8-12(11)15/h4-5,8-9,13,17H,6-7H2,1-3H3,(H,16,18). The summed E-state index contributed by atoms with van der Waals surface area (Å²) in [5.41, 5.74) is 1.49. The molecule has 0 heterocycles. The van der Waals surface area contributed by atoms with Gasteiger partial charge in [0.05, 0.1) is 16.7 Å². The maximum Gasteiger partial charge on any atom is 0.252 e. The van der Waals surface area contributed by atoms with E-state index in [1.165, 1.54) is 0 Å². The van der Waals surface area contributed by atoms with Crippen molar-refractivity contribution in [2.24, 2.45) is 5.92 Å². The smallest absolute Gasteiger partial charge is 0.252 e. The number of benzene rings is 1. The van der Waals surface area contributed by atoms with E-state index < -0.39 is 6.10 Å². The lowest BCUT2D eigenvalue weighted by molar-refractivity contribution is 0.0920. The first-order valence-electron chi connectivity index (χ1n) is 6.14. The third-order valence-corrected chi connectivity index (χ3v) is 3.18. The number of nitrogens with one attached hydrogen (secondary N) is 1. The predicted molar refractivity (Wildman–Crippen MR) is 74.0 cm³/mol. The number of rotatable bonds is 5. The fourth-order valence-corrected chi connectivity index (χ4v) is 1.89. The van der Waals surface area contributed by atoms with E-state index in [-0.39, 0.29) is 11.8 Å². The molecule has 1 amide bonds. The van der Waals surface area contributed by atoms with E-state index in [0.29, 0.717) is 23.6 Å². The predicted octanol–water partition coefficient (Wildman–Crippen LogP) is 2.79. The van der Waals surface area contributed by atoms with Gasteiger partial charge in [0.25, 0.3) is 5.91 Å². The van der Waals surface area contributed by atoms with Gasteiger partial charge in [-0.1, -0.05) is 31.5 Å². The van der Waals surface area contributed by atoms with Crippen molar-refractivity contribution in [3.05, 3.63) is 34.3 Å². The molecule has 4 heteroatoms. The molecule has 100 valence electrons. The van der Waals surface area contributed by atoms with Crippen LogP contribution in [0.3, 0.4) is 0 Å². The Bertz CT molecular complexity index is 418. The largest absolute Gasteiger partial charge is 0.393 e. The molecule has 1 aromatic carbocycles. The summed E-state index contributed by atoms with van der Waals surface area (Å²) in [7, 11) is 0. The van der Waals surface area contributed by atoms with Gasteiger partial charge in [0, 0.05) is 6.54 Å². The zero-order valence-electron chi connectivity index (χ0n) is 11.0. The van der Waals surface area contributed by atoms with Crippen molar-refractivity contribution in [3.8, 4) is 0 Å². The van der Waals surface area contributed by atoms with Crippen molar-refractivity contribution in [2.75, 3.05) is 6.54 Å². The lowest BCUT2D eigenvalue weighted by Gasteiger charge is -2.14. The van der Waals surface area contributed by atoms with Gasteiger partial charge in [-0.15, -0.1) is 0 Å². The number of hydrogen-bond acceptors (Lipinski definition) is 2. The number of halogens is 1. The lowest BCUT2D eigenvalue weighted by Crippen LogP contribution is -2.28. The number of amides is 1. The first-order chi connectivity index (χ1) is 8.41. The van der Waals surface area contributed by atoms with Gasteiger partial charge >= 0.3 is 0 Å². The van der Waals surface area contributed by atoms with Crippen LogP contribution in [-0.2, 0) is 0 Å². The third-order valence-electron chi connectivity index (χ3n) is 2.86. The highest BCUT2D eigenvalue weighted by Gasteiger charge is 2.12. The molecule has 0 aromatic heterocycles. The summed E-state index contributed by atoms with van der Waals surface area (Å²) < 4.78 is 0. The van der Waals surface area contributed by atoms with Crippen LogP contribution in [0.4, 0.5) is 0 Å². The molecule has 0 fully saturated rings. The second kappa shape index (κ2) is 6.76. The molecular formula is C14H20ClNO2. The van der Waals surface area contributed by atoms with E-state index >= 15 is 0 Å². The second-order valence-corrected chi connectivity index (χ2v) is 5.25. The molecular weight excluding hydrogens is 250 g/mol. The maximum absolute atomic E-state index is 11.9. The summed E-state index contributed by atoms with van der Waals surface area (Å²) in [6.07, 6.45) is 0.158. The topological polar surface area (TPSA) is 49.3 Å². The number of aliphatic hydroxyl groups is 1. The fraction of sp³-hybridized carbons (Fsp3) is 0.500. The van der Waals surface area contributed by atoms with Crippen LogP contribution in [-0.4, -0.2) is 23.7 Å². The first kappa shape index (κ1) is 15.0. The summed E-state index contributed by atoms with van der Waals surface area (Å²) in [5, 5.41) is 12.8. The van der Waals surface area contributed by atoms with Crippen molar-refractivity contribution >= 4 is 17.5 Å². The molecule has 0 bridgehead atoms. The number of carbonyl (C=O) groups excluding carboxylic acids is 1. The zero-order valence-corrected chi connectivity index (χ0v) is 11.8. The van der Waals surface area contributed by atoms with Crippen molar-refractivity contribution in [3.63, 3.8) is 0 Å². The van der Waals surface area contributed by atoms with Crippen LogP contribution in [0.25, 0.3) is 0 Å². The maximum atomic E-state index is 11.9. The van der Waals surface area contributed by atoms with Gasteiger partial charge in [0.2, 0.25) is 0 Å². The molecule has 3 nitrogen and oxygen atoms in total. The van der Waals surface area contributed by atoms with E-state index in [0.717, 1.165) is 5.56 Å². The Morgan fingerprint density at radius 3 is 2.67 bits per heavy atom. The molecule has 0 radical (unpaired) electrons. The lowest BCUT2D eigenvalue weighted by atomic mass is 10.0. The minimum atomic E-state index is -0.390. The van der Waals surface area contributed by atoms with Crippen molar-refractivity contribution in [1.29, 1.82) is 0 Å². The Morgan fingerprint density at radius 2 is 2.11 bits per heavy atom.